The molecule has 0 amide bonds. The van der Waals surface area contributed by atoms with Crippen LogP contribution in [0, 0.1) is 0 Å². The van der Waals surface area contributed by atoms with Crippen molar-refractivity contribution in [3.8, 4) is 0 Å². The van der Waals surface area contributed by atoms with Gasteiger partial charge in [-0.15, -0.1) is 0 Å². The van der Waals surface area contributed by atoms with Crippen molar-refractivity contribution < 1.29 is 19.1 Å². The van der Waals surface area contributed by atoms with Crippen molar-refractivity contribution in [1.29, 1.82) is 0 Å². The Morgan fingerprint density at radius 2 is 2.17 bits per heavy atom. The van der Waals surface area contributed by atoms with Crippen LogP contribution in [0.25, 0.3) is 0 Å². The molecule has 2 aliphatic heterocycles. The zero-order valence-electron chi connectivity index (χ0n) is 13.0. The van der Waals surface area contributed by atoms with Crippen molar-refractivity contribution in [2.75, 3.05) is 25.3 Å². The molecule has 23 heavy (non-hydrogen) atoms. The largest absolute Gasteiger partial charge is 0.465 e. The second-order valence-electron chi connectivity index (χ2n) is 5.32. The van der Waals surface area contributed by atoms with E-state index in [2.05, 4.69) is 10.2 Å². The monoisotopic (exact) mass is 320 g/mol. The highest BCUT2D eigenvalue weighted by Crippen LogP contribution is 2.42. The predicted octanol–water partition coefficient (Wildman–Crippen LogP) is -0.666. The Bertz CT molecular complexity index is 784. The summed E-state index contributed by atoms with van der Waals surface area (Å²) in [5.74, 6) is -1.40. The number of esters is 2. The maximum Gasteiger partial charge on any atom is 0.356 e. The van der Waals surface area contributed by atoms with Crippen LogP contribution in [0.5, 0.6) is 0 Å². The Morgan fingerprint density at radius 1 is 1.43 bits per heavy atom. The molecule has 0 bridgehead atoms. The lowest BCUT2D eigenvalue weighted by Crippen LogP contribution is -2.53. The van der Waals surface area contributed by atoms with Crippen LogP contribution in [0.15, 0.2) is 16.1 Å². The maximum absolute atomic E-state index is 12.7. The van der Waals surface area contributed by atoms with Gasteiger partial charge in [0.25, 0.3) is 5.56 Å². The molecule has 0 aliphatic carbocycles. The number of carbonyl (C=O) groups excluding carboxylic acids is 2. The Balaban J connectivity index is 2.32. The molecular formula is C14H16N4O5. The number of hydrazone groups is 1. The molecule has 1 saturated heterocycles. The molecule has 1 unspecified atom stereocenters. The third-order valence-corrected chi connectivity index (χ3v) is 4.07. The Labute approximate surface area is 131 Å². The standard InChI is InChI=1S/C14H16N4O5/c1-4-22-12(20)10-14(5-6-23-13(14)21)9-8(17(2)16-10)7-15-18(3)11(9)19/h7H,4-6H2,1-3H3. The van der Waals surface area contributed by atoms with E-state index in [1.165, 1.54) is 18.3 Å². The van der Waals surface area contributed by atoms with E-state index >= 15 is 0 Å². The van der Waals surface area contributed by atoms with E-state index in [0.717, 1.165) is 4.68 Å². The predicted molar refractivity (Wildman–Crippen MR) is 79.2 cm³/mol. The smallest absolute Gasteiger partial charge is 0.356 e. The van der Waals surface area contributed by atoms with Gasteiger partial charge < -0.3 is 9.47 Å². The minimum absolute atomic E-state index is 0.103. The molecule has 2 aliphatic rings. The molecule has 0 radical (unpaired) electrons. The molecule has 3 heterocycles. The first-order chi connectivity index (χ1) is 10.9. The fourth-order valence-corrected chi connectivity index (χ4v) is 2.96. The van der Waals surface area contributed by atoms with E-state index in [0.29, 0.717) is 5.69 Å². The van der Waals surface area contributed by atoms with Crippen LogP contribution < -0.4 is 10.6 Å². The number of ether oxygens (including phenoxy) is 2. The quantitative estimate of drug-likeness (QED) is 0.666. The first-order valence-corrected chi connectivity index (χ1v) is 7.17. The topological polar surface area (TPSA) is 103 Å². The number of anilines is 1. The normalized spacial score (nSPS) is 22.7. The molecule has 1 aromatic heterocycles. The van der Waals surface area contributed by atoms with E-state index in [1.807, 2.05) is 0 Å². The zero-order chi connectivity index (χ0) is 16.8. The first kappa shape index (κ1) is 15.2. The average molecular weight is 320 g/mol. The highest BCUT2D eigenvalue weighted by Gasteiger charge is 2.58. The first-order valence-electron chi connectivity index (χ1n) is 7.17. The molecule has 0 saturated carbocycles. The molecular weight excluding hydrogens is 304 g/mol. The van der Waals surface area contributed by atoms with E-state index in [9.17, 15) is 14.4 Å². The lowest BCUT2D eigenvalue weighted by Gasteiger charge is -2.33. The van der Waals surface area contributed by atoms with E-state index in [-0.39, 0.29) is 30.9 Å². The Hall–Kier alpha value is -2.71. The summed E-state index contributed by atoms with van der Waals surface area (Å²) in [6.07, 6.45) is 1.60. The van der Waals surface area contributed by atoms with Crippen LogP contribution in [-0.2, 0) is 31.5 Å². The van der Waals surface area contributed by atoms with Crippen LogP contribution >= 0.6 is 0 Å². The molecule has 0 aromatic carbocycles. The maximum atomic E-state index is 12.7. The summed E-state index contributed by atoms with van der Waals surface area (Å²) in [6, 6.07) is 0. The number of hydrogen-bond donors (Lipinski definition) is 0. The third-order valence-electron chi connectivity index (χ3n) is 4.07. The second-order valence-corrected chi connectivity index (χ2v) is 5.32. The molecule has 0 N–H and O–H groups in total. The van der Waals surface area contributed by atoms with Gasteiger partial charge in [-0.05, 0) is 6.92 Å². The van der Waals surface area contributed by atoms with Gasteiger partial charge >= 0.3 is 11.9 Å². The molecule has 9 nitrogen and oxygen atoms in total. The summed E-state index contributed by atoms with van der Waals surface area (Å²) in [6.45, 7) is 1.89. The van der Waals surface area contributed by atoms with Crippen molar-refractivity contribution in [2.24, 2.45) is 12.1 Å². The number of hydrogen-bond acceptors (Lipinski definition) is 8. The van der Waals surface area contributed by atoms with Gasteiger partial charge in [-0.1, -0.05) is 0 Å². The number of carbonyl (C=O) groups is 2. The number of aryl methyl sites for hydroxylation is 1. The van der Waals surface area contributed by atoms with Crippen LogP contribution in [0.2, 0.25) is 0 Å². The molecule has 1 aromatic rings. The van der Waals surface area contributed by atoms with E-state index in [4.69, 9.17) is 9.47 Å². The highest BCUT2D eigenvalue weighted by molar-refractivity contribution is 6.45. The van der Waals surface area contributed by atoms with Crippen LogP contribution in [0.3, 0.4) is 0 Å². The summed E-state index contributed by atoms with van der Waals surface area (Å²) in [4.78, 5) is 37.5. The molecule has 1 atom stereocenters. The van der Waals surface area contributed by atoms with Crippen molar-refractivity contribution in [2.45, 2.75) is 18.8 Å². The minimum Gasteiger partial charge on any atom is -0.465 e. The van der Waals surface area contributed by atoms with E-state index < -0.39 is 22.9 Å². The lowest BCUT2D eigenvalue weighted by molar-refractivity contribution is -0.143. The SMILES string of the molecule is CCOC(=O)C1=NN(C)c2cnn(C)c(=O)c2C12CCOC2=O. The molecule has 9 heteroatoms. The van der Waals surface area contributed by atoms with Gasteiger partial charge in [-0.3, -0.25) is 14.6 Å². The summed E-state index contributed by atoms with van der Waals surface area (Å²) in [7, 11) is 3.05. The van der Waals surface area contributed by atoms with Crippen LogP contribution in [0.1, 0.15) is 18.9 Å². The second kappa shape index (κ2) is 5.18. The molecule has 3 rings (SSSR count). The van der Waals surface area contributed by atoms with Gasteiger partial charge in [-0.25, -0.2) is 9.48 Å². The van der Waals surface area contributed by atoms with Crippen LogP contribution in [0.4, 0.5) is 5.69 Å². The number of cyclic esters (lactones) is 1. The van der Waals surface area contributed by atoms with Crippen molar-refractivity contribution in [1.82, 2.24) is 9.78 Å². The van der Waals surface area contributed by atoms with E-state index in [1.54, 1.807) is 14.0 Å². The minimum atomic E-state index is -1.54. The lowest BCUT2D eigenvalue weighted by atomic mass is 9.74. The van der Waals surface area contributed by atoms with Gasteiger partial charge in [0.2, 0.25) is 0 Å². The van der Waals surface area contributed by atoms with Gasteiger partial charge in [-0.2, -0.15) is 10.2 Å². The molecule has 122 valence electrons. The van der Waals surface area contributed by atoms with Crippen LogP contribution in [-0.4, -0.2) is 47.7 Å². The number of rotatable bonds is 2. The molecule has 1 fully saturated rings. The fourth-order valence-electron chi connectivity index (χ4n) is 2.96. The van der Waals surface area contributed by atoms with Crippen molar-refractivity contribution in [3.05, 3.63) is 22.1 Å². The average Bonchev–Trinajstić information content (AvgIpc) is 2.88. The number of fused-ring (bicyclic) bond motifs is 2. The van der Waals surface area contributed by atoms with Gasteiger partial charge in [0.05, 0.1) is 30.7 Å². The summed E-state index contributed by atoms with van der Waals surface area (Å²) < 4.78 is 11.2. The summed E-state index contributed by atoms with van der Waals surface area (Å²) in [5.41, 5.74) is -1.60. The third kappa shape index (κ3) is 1.96. The van der Waals surface area contributed by atoms with Gasteiger partial charge in [0.1, 0.15) is 0 Å². The molecule has 1 spiro atoms. The van der Waals surface area contributed by atoms with Gasteiger partial charge in [0, 0.05) is 20.5 Å². The van der Waals surface area contributed by atoms with Gasteiger partial charge in [0.15, 0.2) is 11.1 Å². The Kier molecular flexibility index (Phi) is 3.42. The fraction of sp³-hybridized carbons (Fsp3) is 0.500. The number of nitrogens with zero attached hydrogens (tertiary/aromatic N) is 4. The Morgan fingerprint density at radius 3 is 2.78 bits per heavy atom. The zero-order valence-corrected chi connectivity index (χ0v) is 13.0. The highest BCUT2D eigenvalue weighted by atomic mass is 16.5. The summed E-state index contributed by atoms with van der Waals surface area (Å²) in [5, 5.41) is 9.49. The van der Waals surface area contributed by atoms with Crippen molar-refractivity contribution >= 4 is 23.3 Å². The summed E-state index contributed by atoms with van der Waals surface area (Å²) >= 11 is 0. The van der Waals surface area contributed by atoms with Crippen molar-refractivity contribution in [3.63, 3.8) is 0 Å². The number of aromatic nitrogens is 2.